The predicted molar refractivity (Wildman–Crippen MR) is 277 cm³/mol. The highest BCUT2D eigenvalue weighted by atomic mass is 32.1. The monoisotopic (exact) mass is 876 g/mol. The van der Waals surface area contributed by atoms with E-state index >= 15 is 0 Å². The summed E-state index contributed by atoms with van der Waals surface area (Å²) in [6, 6.07) is 26.3. The molecule has 10 aromatic carbocycles. The van der Waals surface area contributed by atoms with Crippen molar-refractivity contribution in [3.05, 3.63) is 230 Å². The molecule has 13 aromatic rings. The highest BCUT2D eigenvalue weighted by Gasteiger charge is 2.20. The fraction of sp³-hybridized carbons (Fsp3) is 0. The maximum absolute atomic E-state index is 9.79. The molecule has 308 valence electrons. The SMILES string of the molecule is [2H]c1cc([2H])c2c(c1[2H])c1c([2H])c([2H])c([2H])c([2H])c1n2-c1ccccc1-c1nc(-c2cccc(-c3cccc4c3sc3ccc(-c5ccccc5)cc34)c2)nc(-c2c([2H])c([2H])c3c([2H])c(-c4c([2H])c([2H])c([2H])c([2H])c4[2H])c([2H])c([2H])c3c2[2H])n1. The van der Waals surface area contributed by atoms with Crippen LogP contribution in [-0.2, 0) is 0 Å². The second-order valence-corrected chi connectivity index (χ2v) is 16.4. The molecule has 5 heteroatoms. The molecule has 0 aliphatic carbocycles. The van der Waals surface area contributed by atoms with E-state index in [4.69, 9.17) is 28.7 Å². The molecule has 0 saturated carbocycles. The van der Waals surface area contributed by atoms with Gasteiger partial charge in [-0.3, -0.25) is 0 Å². The number of hydrogen-bond acceptors (Lipinski definition) is 4. The van der Waals surface area contributed by atoms with Crippen LogP contribution in [0.5, 0.6) is 0 Å². The summed E-state index contributed by atoms with van der Waals surface area (Å²) < 4.78 is 165. The van der Waals surface area contributed by atoms with E-state index in [1.807, 2.05) is 48.5 Å². The molecule has 4 nitrogen and oxygen atoms in total. The first-order valence-electron chi connectivity index (χ1n) is 29.8. The van der Waals surface area contributed by atoms with Gasteiger partial charge in [0.05, 0.1) is 41.4 Å². The summed E-state index contributed by atoms with van der Waals surface area (Å²) in [7, 11) is 0. The molecule has 0 radical (unpaired) electrons. The summed E-state index contributed by atoms with van der Waals surface area (Å²) in [6.07, 6.45) is 0. The van der Waals surface area contributed by atoms with Crippen LogP contribution in [0.2, 0.25) is 0 Å². The van der Waals surface area contributed by atoms with E-state index in [0.717, 1.165) is 48.5 Å². The second-order valence-electron chi connectivity index (χ2n) is 15.4. The van der Waals surface area contributed by atoms with Gasteiger partial charge in [-0.15, -0.1) is 11.3 Å². The van der Waals surface area contributed by atoms with Crippen LogP contribution in [0.3, 0.4) is 0 Å². The van der Waals surface area contributed by atoms with Gasteiger partial charge < -0.3 is 4.57 Å². The molecule has 66 heavy (non-hydrogen) atoms. The van der Waals surface area contributed by atoms with Gasteiger partial charge in [-0.2, -0.15) is 0 Å². The molecule has 0 unspecified atom stereocenters. The maximum Gasteiger partial charge on any atom is 0.166 e. The van der Waals surface area contributed by atoms with Gasteiger partial charge in [-0.05, 0) is 98.7 Å². The molecule has 13 rings (SSSR count). The Bertz CT molecular complexity index is 5050. The van der Waals surface area contributed by atoms with E-state index in [-0.39, 0.29) is 68.7 Å². The van der Waals surface area contributed by atoms with E-state index in [2.05, 4.69) is 36.4 Å². The number of para-hydroxylation sites is 3. The minimum Gasteiger partial charge on any atom is -0.309 e. The van der Waals surface area contributed by atoms with Gasteiger partial charge in [0.1, 0.15) is 0 Å². The van der Waals surface area contributed by atoms with Gasteiger partial charge >= 0.3 is 0 Å². The lowest BCUT2D eigenvalue weighted by Crippen LogP contribution is -2.03. The number of fused-ring (bicyclic) bond motifs is 7. The lowest BCUT2D eigenvalue weighted by molar-refractivity contribution is 1.06. The van der Waals surface area contributed by atoms with Crippen LogP contribution in [0.15, 0.2) is 230 Å². The average Bonchev–Trinajstić information content (AvgIpc) is 3.55. The normalized spacial score (nSPS) is 15.5. The molecule has 0 atom stereocenters. The van der Waals surface area contributed by atoms with Crippen molar-refractivity contribution in [1.29, 1.82) is 0 Å². The highest BCUT2D eigenvalue weighted by molar-refractivity contribution is 7.26. The Labute approximate surface area is 410 Å². The van der Waals surface area contributed by atoms with Gasteiger partial charge in [-0.1, -0.05) is 176 Å². The fourth-order valence-corrected chi connectivity index (χ4v) is 9.67. The van der Waals surface area contributed by atoms with Gasteiger partial charge in [0.15, 0.2) is 17.5 Å². The first-order chi connectivity index (χ1) is 40.2. The number of thiophene rings is 1. The van der Waals surface area contributed by atoms with Crippen molar-refractivity contribution in [1.82, 2.24) is 19.5 Å². The van der Waals surface area contributed by atoms with Crippen molar-refractivity contribution in [2.75, 3.05) is 0 Å². The largest absolute Gasteiger partial charge is 0.309 e. The Kier molecular flexibility index (Phi) is 5.68. The van der Waals surface area contributed by atoms with Crippen LogP contribution in [0.25, 0.3) is 126 Å². The third kappa shape index (κ3) is 6.48. The Morgan fingerprint density at radius 2 is 1.05 bits per heavy atom. The molecule has 0 N–H and O–H groups in total. The van der Waals surface area contributed by atoms with Crippen molar-refractivity contribution in [3.63, 3.8) is 0 Å². The number of rotatable bonds is 7. The van der Waals surface area contributed by atoms with Crippen molar-refractivity contribution in [2.45, 2.75) is 0 Å². The molecule has 3 heterocycles. The van der Waals surface area contributed by atoms with Crippen molar-refractivity contribution in [3.8, 4) is 73.2 Å². The van der Waals surface area contributed by atoms with E-state index in [1.165, 1.54) is 4.57 Å². The third-order valence-corrected chi connectivity index (χ3v) is 12.7. The maximum atomic E-state index is 9.79. The summed E-state index contributed by atoms with van der Waals surface area (Å²) in [5, 5.41) is 1.03. The molecule has 0 spiro atoms. The van der Waals surface area contributed by atoms with E-state index < -0.39 is 118 Å². The quantitative estimate of drug-likeness (QED) is 0.160. The average molecular weight is 877 g/mol. The van der Waals surface area contributed by atoms with Crippen molar-refractivity contribution in [2.24, 2.45) is 0 Å². The molecule has 0 aliphatic heterocycles. The minimum absolute atomic E-state index is 0.0158. The topological polar surface area (TPSA) is 43.6 Å². The molecular weight excluding hydrogens is 821 g/mol. The van der Waals surface area contributed by atoms with Crippen molar-refractivity contribution >= 4 is 64.1 Å². The summed E-state index contributed by atoms with van der Waals surface area (Å²) in [6.45, 7) is 0. The molecule has 3 aromatic heterocycles. The number of benzene rings is 10. The molecule has 0 saturated heterocycles. The van der Waals surface area contributed by atoms with Crippen LogP contribution in [0.4, 0.5) is 0 Å². The Morgan fingerprint density at radius 1 is 0.379 bits per heavy atom. The van der Waals surface area contributed by atoms with Gasteiger partial charge in [-0.25, -0.2) is 15.0 Å². The zero-order valence-corrected chi connectivity index (χ0v) is 35.1. The van der Waals surface area contributed by atoms with Gasteiger partial charge in [0, 0.05) is 47.6 Å². The fourth-order valence-electron chi connectivity index (χ4n) is 8.45. The Balaban J connectivity index is 1.08. The summed E-state index contributed by atoms with van der Waals surface area (Å²) >= 11 is 1.64. The first kappa shape index (κ1) is 24.0. The molecule has 0 aliphatic rings. The molecule has 0 amide bonds. The minimum atomic E-state index is -0.776. The lowest BCUT2D eigenvalue weighted by Gasteiger charge is -2.15. The van der Waals surface area contributed by atoms with Gasteiger partial charge in [0.2, 0.25) is 0 Å². The Morgan fingerprint density at radius 3 is 1.92 bits per heavy atom. The zero-order valence-electron chi connectivity index (χ0n) is 52.2. The van der Waals surface area contributed by atoms with E-state index in [0.29, 0.717) is 5.56 Å². The number of nitrogens with zero attached hydrogens (tertiary/aromatic N) is 4. The predicted octanol–water partition coefficient (Wildman–Crippen LogP) is 16.5. The lowest BCUT2D eigenvalue weighted by atomic mass is 9.99. The first-order valence-corrected chi connectivity index (χ1v) is 21.6. The second kappa shape index (κ2) is 15.6. The molecule has 0 fully saturated rings. The van der Waals surface area contributed by atoms with Crippen LogP contribution < -0.4 is 0 Å². The standard InChI is InChI=1S/C61H38N4S/c1-3-15-39(16-4-1)41-29-30-43-36-47(32-31-42(43)35-41)60-62-59(63-61(64-60)52-23-9-12-28-56(52)65-54-26-10-7-21-49(54)50-22-8-11-27-55(50)65)46-20-13-19-45(37-46)48-24-14-25-51-53-38-44(40-17-5-2-6-18-40)33-34-57(53)66-58(48)51/h1-38H/i1D,3D,4D,7D,8D,10D,15D,16D,21D,22D,26D,27D,29D,30D,31D,32D,35D,36D. The Hall–Kier alpha value is -8.51. The van der Waals surface area contributed by atoms with Crippen LogP contribution in [0.1, 0.15) is 24.7 Å². The summed E-state index contributed by atoms with van der Waals surface area (Å²) in [5.74, 6) is -0.528. The van der Waals surface area contributed by atoms with Gasteiger partial charge in [0.25, 0.3) is 0 Å². The zero-order chi connectivity index (χ0) is 59.2. The third-order valence-electron chi connectivity index (χ3n) is 11.5. The summed E-state index contributed by atoms with van der Waals surface area (Å²) in [5.41, 5.74) is 2.87. The smallest absolute Gasteiger partial charge is 0.166 e. The van der Waals surface area contributed by atoms with Crippen LogP contribution in [-0.4, -0.2) is 19.5 Å². The van der Waals surface area contributed by atoms with Crippen LogP contribution >= 0.6 is 11.3 Å². The van der Waals surface area contributed by atoms with Crippen molar-refractivity contribution < 1.29 is 24.7 Å². The molecule has 0 bridgehead atoms. The highest BCUT2D eigenvalue weighted by Crippen LogP contribution is 2.43. The van der Waals surface area contributed by atoms with E-state index in [1.54, 1.807) is 41.7 Å². The summed E-state index contributed by atoms with van der Waals surface area (Å²) in [4.78, 5) is 14.9. The van der Waals surface area contributed by atoms with Crippen LogP contribution in [0, 0.1) is 0 Å². The number of hydrogen-bond donors (Lipinski definition) is 0. The number of aromatic nitrogens is 4. The van der Waals surface area contributed by atoms with E-state index in [9.17, 15) is 11.0 Å². The molecular formula is C61H38N4S.